The molecule has 0 saturated carbocycles. The highest BCUT2D eigenvalue weighted by atomic mass is 19.3. The molecule has 2 N–H and O–H groups in total. The predicted molar refractivity (Wildman–Crippen MR) is 163 cm³/mol. The van der Waals surface area contributed by atoms with E-state index in [2.05, 4.69) is 32.2 Å². The molecular weight excluding hydrogens is 561 g/mol. The number of aryl methyl sites for hydroxylation is 1. The number of halogens is 3. The maximum atomic E-state index is 15.1. The lowest BCUT2D eigenvalue weighted by molar-refractivity contribution is -0.111. The van der Waals surface area contributed by atoms with E-state index in [1.165, 1.54) is 24.4 Å². The van der Waals surface area contributed by atoms with Crippen LogP contribution in [0.3, 0.4) is 0 Å². The Morgan fingerprint density at radius 1 is 1.12 bits per heavy atom. The molecular formula is C30H35F3N8O2. The van der Waals surface area contributed by atoms with E-state index in [1.54, 1.807) is 19.2 Å². The molecule has 0 fully saturated rings. The highest BCUT2D eigenvalue weighted by Gasteiger charge is 2.20. The van der Waals surface area contributed by atoms with Gasteiger partial charge in [-0.05, 0) is 65.2 Å². The molecule has 0 atom stereocenters. The summed E-state index contributed by atoms with van der Waals surface area (Å²) in [6, 6.07) is 7.69. The summed E-state index contributed by atoms with van der Waals surface area (Å²) >= 11 is 0. The number of imidazole rings is 1. The van der Waals surface area contributed by atoms with Gasteiger partial charge in [-0.15, -0.1) is 0 Å². The van der Waals surface area contributed by atoms with E-state index in [0.29, 0.717) is 47.1 Å². The Balaban J connectivity index is 1.76. The van der Waals surface area contributed by atoms with Gasteiger partial charge in [-0.25, -0.2) is 19.3 Å². The van der Waals surface area contributed by atoms with Crippen molar-refractivity contribution in [1.82, 2.24) is 24.4 Å². The van der Waals surface area contributed by atoms with E-state index >= 15 is 4.39 Å². The first-order valence-corrected chi connectivity index (χ1v) is 13.6. The summed E-state index contributed by atoms with van der Waals surface area (Å²) in [4.78, 5) is 29.2. The van der Waals surface area contributed by atoms with Crippen molar-refractivity contribution < 1.29 is 22.7 Å². The van der Waals surface area contributed by atoms with Gasteiger partial charge in [-0.2, -0.15) is 8.78 Å². The smallest absolute Gasteiger partial charge is 0.387 e. The number of hydrogen-bond donors (Lipinski definition) is 2. The lowest BCUT2D eigenvalue weighted by Crippen LogP contribution is -2.29. The van der Waals surface area contributed by atoms with Crippen molar-refractivity contribution in [2.75, 3.05) is 49.8 Å². The van der Waals surface area contributed by atoms with Crippen LogP contribution in [-0.2, 0) is 4.79 Å². The summed E-state index contributed by atoms with van der Waals surface area (Å²) in [6.07, 6.45) is 2.57. The fourth-order valence-electron chi connectivity index (χ4n) is 4.70. The van der Waals surface area contributed by atoms with Crippen molar-refractivity contribution in [1.29, 1.82) is 0 Å². The quantitative estimate of drug-likeness (QED) is 0.193. The van der Waals surface area contributed by atoms with Crippen LogP contribution in [0.4, 0.5) is 36.2 Å². The third kappa shape index (κ3) is 7.23. The van der Waals surface area contributed by atoms with E-state index < -0.39 is 18.3 Å². The van der Waals surface area contributed by atoms with Crippen molar-refractivity contribution in [3.05, 3.63) is 60.8 Å². The van der Waals surface area contributed by atoms with E-state index in [1.807, 2.05) is 49.2 Å². The number of carbonyl (C=O) groups is 1. The summed E-state index contributed by atoms with van der Waals surface area (Å²) in [7, 11) is 5.59. The third-order valence-electron chi connectivity index (χ3n) is 6.69. The zero-order valence-corrected chi connectivity index (χ0v) is 25.0. The van der Waals surface area contributed by atoms with Gasteiger partial charge in [-0.3, -0.25) is 4.79 Å². The van der Waals surface area contributed by atoms with Gasteiger partial charge in [0.05, 0.1) is 28.3 Å². The topological polar surface area (TPSA) is 100 Å². The van der Waals surface area contributed by atoms with E-state index in [4.69, 9.17) is 4.74 Å². The summed E-state index contributed by atoms with van der Waals surface area (Å²) in [5, 5.41) is 5.65. The van der Waals surface area contributed by atoms with Crippen molar-refractivity contribution in [3.63, 3.8) is 0 Å². The third-order valence-corrected chi connectivity index (χ3v) is 6.69. The molecule has 0 bridgehead atoms. The number of aromatic nitrogens is 4. The maximum Gasteiger partial charge on any atom is 0.387 e. The molecule has 228 valence electrons. The van der Waals surface area contributed by atoms with E-state index in [-0.39, 0.29) is 28.9 Å². The van der Waals surface area contributed by atoms with Gasteiger partial charge < -0.3 is 29.7 Å². The lowest BCUT2D eigenvalue weighted by Gasteiger charge is -2.26. The first kappa shape index (κ1) is 31.3. The minimum absolute atomic E-state index is 0.0420. The first-order chi connectivity index (χ1) is 20.4. The van der Waals surface area contributed by atoms with Crippen LogP contribution in [0.25, 0.3) is 22.3 Å². The SMILES string of the molecule is C=CC(=O)Nc1cc(Nc2nccc(-c3cc(F)c4nc(C)n(C(C)C)c4c3)n2)c(OC(F)F)cc1N(C)CCN(C)C. The van der Waals surface area contributed by atoms with Gasteiger partial charge in [0.25, 0.3) is 0 Å². The number of hydrogen-bond acceptors (Lipinski definition) is 8. The fourth-order valence-corrected chi connectivity index (χ4v) is 4.70. The van der Waals surface area contributed by atoms with E-state index in [9.17, 15) is 13.6 Å². The largest absolute Gasteiger partial charge is 0.433 e. The second-order valence-electron chi connectivity index (χ2n) is 10.5. The number of ether oxygens (including phenoxy) is 1. The molecule has 13 heteroatoms. The Bertz CT molecular complexity index is 1640. The van der Waals surface area contributed by atoms with Crippen LogP contribution in [0, 0.1) is 12.7 Å². The predicted octanol–water partition coefficient (Wildman–Crippen LogP) is 5.99. The van der Waals surface area contributed by atoms with Gasteiger partial charge in [-0.1, -0.05) is 6.58 Å². The van der Waals surface area contributed by atoms with Crippen LogP contribution < -0.4 is 20.3 Å². The maximum absolute atomic E-state index is 15.1. The van der Waals surface area contributed by atoms with Gasteiger partial charge in [0, 0.05) is 44.0 Å². The second-order valence-corrected chi connectivity index (χ2v) is 10.5. The molecule has 4 rings (SSSR count). The lowest BCUT2D eigenvalue weighted by atomic mass is 10.1. The Hall–Kier alpha value is -4.65. The van der Waals surface area contributed by atoms with Crippen LogP contribution in [0.15, 0.2) is 49.2 Å². The van der Waals surface area contributed by atoms with Crippen molar-refractivity contribution in [2.24, 2.45) is 0 Å². The Labute approximate surface area is 248 Å². The van der Waals surface area contributed by atoms with Crippen LogP contribution in [0.1, 0.15) is 25.7 Å². The zero-order valence-electron chi connectivity index (χ0n) is 25.0. The number of benzene rings is 2. The molecule has 0 radical (unpaired) electrons. The van der Waals surface area contributed by atoms with Crippen molar-refractivity contribution in [3.8, 4) is 17.0 Å². The standard InChI is InChI=1S/C30H35F3N8O2/c1-8-27(42)36-22-15-23(26(43-29(32)33)16-24(22)40(7)12-11-39(5)6)38-30-34-10-9-21(37-30)19-13-20(31)28-25(14-19)41(17(2)3)18(4)35-28/h8-10,13-17,29H,1,11-12H2,2-7H3,(H,36,42)(H,34,37,38). The molecule has 0 aliphatic heterocycles. The number of fused-ring (bicyclic) bond motifs is 1. The minimum atomic E-state index is -3.12. The van der Waals surface area contributed by atoms with Crippen molar-refractivity contribution >= 4 is 40.0 Å². The Morgan fingerprint density at radius 2 is 1.86 bits per heavy atom. The Morgan fingerprint density at radius 3 is 2.51 bits per heavy atom. The number of nitrogens with zero attached hydrogens (tertiary/aromatic N) is 6. The van der Waals surface area contributed by atoms with Crippen molar-refractivity contribution in [2.45, 2.75) is 33.4 Å². The van der Waals surface area contributed by atoms with Gasteiger partial charge in [0.2, 0.25) is 11.9 Å². The van der Waals surface area contributed by atoms with Gasteiger partial charge >= 0.3 is 6.61 Å². The van der Waals surface area contributed by atoms with Crippen LogP contribution >= 0.6 is 0 Å². The highest BCUT2D eigenvalue weighted by molar-refractivity contribution is 6.02. The number of likely N-dealkylation sites (N-methyl/N-ethyl adjacent to an activating group) is 2. The average Bonchev–Trinajstić information content (AvgIpc) is 3.29. The van der Waals surface area contributed by atoms with Crippen LogP contribution in [-0.4, -0.2) is 71.2 Å². The number of alkyl halides is 2. The number of anilines is 4. The van der Waals surface area contributed by atoms with Crippen LogP contribution in [0.5, 0.6) is 5.75 Å². The molecule has 0 unspecified atom stereocenters. The molecule has 0 aliphatic rings. The number of rotatable bonds is 12. The molecule has 10 nitrogen and oxygen atoms in total. The highest BCUT2D eigenvalue weighted by Crippen LogP contribution is 2.39. The number of nitrogens with one attached hydrogen (secondary N) is 2. The second kappa shape index (κ2) is 13.1. The molecule has 2 aromatic heterocycles. The summed E-state index contributed by atoms with van der Waals surface area (Å²) < 4.78 is 48.9. The molecule has 0 spiro atoms. The average molecular weight is 597 g/mol. The molecule has 0 saturated heterocycles. The first-order valence-electron chi connectivity index (χ1n) is 13.6. The molecule has 4 aromatic rings. The van der Waals surface area contributed by atoms with Crippen LogP contribution in [0.2, 0.25) is 0 Å². The number of amides is 1. The molecule has 0 aliphatic carbocycles. The molecule has 2 heterocycles. The molecule has 2 aromatic carbocycles. The fraction of sp³-hybridized carbons (Fsp3) is 0.333. The van der Waals surface area contributed by atoms with Gasteiger partial charge in [0.1, 0.15) is 11.3 Å². The monoisotopic (exact) mass is 596 g/mol. The Kier molecular flexibility index (Phi) is 9.54. The molecule has 43 heavy (non-hydrogen) atoms. The number of carbonyl (C=O) groups excluding carboxylic acids is 1. The summed E-state index contributed by atoms with van der Waals surface area (Å²) in [5.74, 6) is -0.432. The summed E-state index contributed by atoms with van der Waals surface area (Å²) in [6.45, 7) is 7.37. The zero-order chi connectivity index (χ0) is 31.4. The summed E-state index contributed by atoms with van der Waals surface area (Å²) in [5.41, 5.74) is 2.63. The normalized spacial score (nSPS) is 11.4. The van der Waals surface area contributed by atoms with Gasteiger partial charge in [0.15, 0.2) is 11.6 Å². The molecule has 1 amide bonds. The van der Waals surface area contributed by atoms with E-state index in [0.717, 1.165) is 6.08 Å². The minimum Gasteiger partial charge on any atom is -0.433 e.